The Morgan fingerprint density at radius 1 is 0.981 bits per heavy atom. The summed E-state index contributed by atoms with van der Waals surface area (Å²) in [7, 11) is 3.12. The highest BCUT2D eigenvalue weighted by Crippen LogP contribution is 2.50. The van der Waals surface area contributed by atoms with Crippen molar-refractivity contribution in [3.8, 4) is 11.5 Å². The fraction of sp³-hybridized carbons (Fsp3) is 0.359. The Labute approximate surface area is 329 Å². The number of amides is 2. The molecule has 1 unspecified atom stereocenters. The highest BCUT2D eigenvalue weighted by molar-refractivity contribution is 6.33. The average molecular weight is 803 g/mol. The number of pyridine rings is 1. The van der Waals surface area contributed by atoms with Crippen molar-refractivity contribution in [1.29, 1.82) is 0 Å². The zero-order chi connectivity index (χ0) is 38.2. The minimum Gasteiger partial charge on any atom is -1.00 e. The number of aliphatic hydroxyl groups excluding tert-OH is 4. The first kappa shape index (κ1) is 41.2. The van der Waals surface area contributed by atoms with Gasteiger partial charge >= 0.3 is 0 Å². The summed E-state index contributed by atoms with van der Waals surface area (Å²) >= 11 is 13.4. The van der Waals surface area contributed by atoms with Crippen LogP contribution in [0, 0.1) is 0 Å². The molecule has 0 aliphatic carbocycles. The van der Waals surface area contributed by atoms with Crippen molar-refractivity contribution in [3.63, 3.8) is 0 Å². The Kier molecular flexibility index (Phi) is 12.8. The second kappa shape index (κ2) is 16.8. The van der Waals surface area contributed by atoms with E-state index in [0.717, 1.165) is 5.56 Å². The Balaban J connectivity index is 0.00000561. The molecule has 1 saturated heterocycles. The van der Waals surface area contributed by atoms with Crippen molar-refractivity contribution in [2.45, 2.75) is 63.0 Å². The number of carbonyl (C=O) groups excluding carboxylic acids is 2. The van der Waals surface area contributed by atoms with Gasteiger partial charge in [-0.15, -0.1) is 0 Å². The Hall–Kier alpha value is -3.98. The van der Waals surface area contributed by atoms with Crippen LogP contribution in [-0.4, -0.2) is 88.9 Å². The SMILES string of the molecule is CCN(Cc1ccc[n+]([C@@H]2O[C@H](CO)[C@H](O)[C@H](O)[C@H]2O)c1)C(=O)c1ccc(Cl)c(C2(C)C(=O)N(Cc3ccc(OC)cc3OC)c3ccc(Cl)cc32)c1.[Cl-]. The molecular formula is C39H42Cl3N3O9. The summed E-state index contributed by atoms with van der Waals surface area (Å²) in [5.41, 5.74) is 2.19. The molecule has 0 radical (unpaired) electrons. The lowest BCUT2D eigenvalue weighted by atomic mass is 9.76. The molecule has 6 rings (SSSR count). The molecule has 4 N–H and O–H groups in total. The van der Waals surface area contributed by atoms with Gasteiger partial charge in [0.1, 0.15) is 35.2 Å². The number of carbonyl (C=O) groups is 2. The molecule has 15 heteroatoms. The molecule has 6 atom stereocenters. The molecular weight excluding hydrogens is 761 g/mol. The number of fused-ring (bicyclic) bond motifs is 1. The van der Waals surface area contributed by atoms with E-state index in [9.17, 15) is 30.0 Å². The van der Waals surface area contributed by atoms with Gasteiger partial charge < -0.3 is 56.8 Å². The fourth-order valence-corrected chi connectivity index (χ4v) is 7.58. The van der Waals surface area contributed by atoms with E-state index in [0.29, 0.717) is 56.0 Å². The molecule has 288 valence electrons. The summed E-state index contributed by atoms with van der Waals surface area (Å²) in [6.07, 6.45) is -3.38. The predicted molar refractivity (Wildman–Crippen MR) is 196 cm³/mol. The van der Waals surface area contributed by atoms with Crippen LogP contribution in [0.5, 0.6) is 11.5 Å². The molecule has 2 aliphatic rings. The van der Waals surface area contributed by atoms with E-state index in [1.807, 2.05) is 13.0 Å². The summed E-state index contributed by atoms with van der Waals surface area (Å²) in [5.74, 6) is 0.607. The quantitative estimate of drug-likeness (QED) is 0.162. The van der Waals surface area contributed by atoms with Gasteiger partial charge in [0.25, 0.3) is 12.1 Å². The fourth-order valence-electron chi connectivity index (χ4n) is 7.10. The van der Waals surface area contributed by atoms with Gasteiger partial charge in [-0.2, -0.15) is 4.57 Å². The van der Waals surface area contributed by atoms with Crippen molar-refractivity contribution < 1.29 is 61.2 Å². The van der Waals surface area contributed by atoms with Crippen molar-refractivity contribution in [2.24, 2.45) is 0 Å². The number of benzene rings is 3. The maximum absolute atomic E-state index is 14.6. The molecule has 3 heterocycles. The lowest BCUT2D eigenvalue weighted by molar-refractivity contribution is -0.778. The van der Waals surface area contributed by atoms with Crippen LogP contribution in [0.2, 0.25) is 10.0 Å². The van der Waals surface area contributed by atoms with Gasteiger partial charge in [-0.05, 0) is 79.6 Å². The highest BCUT2D eigenvalue weighted by atomic mass is 35.5. The van der Waals surface area contributed by atoms with Crippen LogP contribution in [-0.2, 0) is 28.0 Å². The van der Waals surface area contributed by atoms with Gasteiger partial charge in [-0.25, -0.2) is 0 Å². The summed E-state index contributed by atoms with van der Waals surface area (Å²) in [6, 6.07) is 19.1. The maximum Gasteiger partial charge on any atom is 0.292 e. The van der Waals surface area contributed by atoms with Gasteiger partial charge in [0, 0.05) is 51.1 Å². The van der Waals surface area contributed by atoms with E-state index in [1.54, 1.807) is 104 Å². The van der Waals surface area contributed by atoms with Crippen molar-refractivity contribution in [3.05, 3.63) is 117 Å². The number of ether oxygens (including phenoxy) is 3. The Morgan fingerprint density at radius 3 is 2.43 bits per heavy atom. The van der Waals surface area contributed by atoms with Crippen molar-refractivity contribution in [2.75, 3.05) is 32.3 Å². The minimum atomic E-state index is -1.54. The molecule has 12 nitrogen and oxygen atoms in total. The topological polar surface area (TPSA) is 153 Å². The minimum absolute atomic E-state index is 0. The number of hydrogen-bond acceptors (Lipinski definition) is 9. The number of anilines is 1. The molecule has 0 saturated carbocycles. The highest BCUT2D eigenvalue weighted by Gasteiger charge is 2.50. The largest absolute Gasteiger partial charge is 1.00 e. The number of aliphatic hydroxyl groups is 4. The van der Waals surface area contributed by atoms with Gasteiger partial charge in [0.15, 0.2) is 18.5 Å². The third-order valence-corrected chi connectivity index (χ3v) is 10.7. The third-order valence-electron chi connectivity index (χ3n) is 10.1. The first-order valence-corrected chi connectivity index (χ1v) is 17.8. The normalized spacial score (nSPS) is 23.4. The number of methoxy groups -OCH3 is 2. The molecule has 4 aromatic rings. The second-order valence-electron chi connectivity index (χ2n) is 13.2. The molecule has 2 amide bonds. The second-order valence-corrected chi connectivity index (χ2v) is 14.1. The lowest BCUT2D eigenvalue weighted by Gasteiger charge is -2.36. The van der Waals surface area contributed by atoms with E-state index < -0.39 is 42.7 Å². The first-order valence-electron chi connectivity index (χ1n) is 17.1. The maximum atomic E-state index is 14.6. The smallest absolute Gasteiger partial charge is 0.292 e. The third kappa shape index (κ3) is 7.49. The standard InChI is InChI=1S/C39H42Cl2N3O9.ClH/c1-5-42(18-22-7-6-14-43(19-22)37-35(48)34(47)33(46)32(21-45)53-37)36(49)23-9-12-29(41)27(15-23)39(2)28-16-25(40)10-13-30(28)44(38(39)50)20-24-8-11-26(51-3)17-31(24)52-4;/h6-17,19,32-35,37,45-48H,5,18,20-21H2,1-4H3;1H/q+1;/p-1/t32-,33+,34+,35-,37-,39?;/m1./s1. The van der Waals surface area contributed by atoms with Gasteiger partial charge in [-0.1, -0.05) is 23.2 Å². The zero-order valence-electron chi connectivity index (χ0n) is 30.0. The van der Waals surface area contributed by atoms with Crippen LogP contribution in [0.4, 0.5) is 5.69 Å². The van der Waals surface area contributed by atoms with E-state index in [1.165, 1.54) is 4.57 Å². The molecule has 54 heavy (non-hydrogen) atoms. The van der Waals surface area contributed by atoms with Gasteiger partial charge in [-0.3, -0.25) is 9.59 Å². The summed E-state index contributed by atoms with van der Waals surface area (Å²) < 4.78 is 18.2. The number of rotatable bonds is 11. The lowest BCUT2D eigenvalue weighted by Crippen LogP contribution is -3.00. The van der Waals surface area contributed by atoms with Crippen LogP contribution < -0.4 is 31.3 Å². The predicted octanol–water partition coefficient (Wildman–Crippen LogP) is 0.790. The van der Waals surface area contributed by atoms with Crippen molar-refractivity contribution in [1.82, 2.24) is 4.90 Å². The summed E-state index contributed by atoms with van der Waals surface area (Å²) in [6.45, 7) is 3.76. The molecule has 0 bridgehead atoms. The summed E-state index contributed by atoms with van der Waals surface area (Å²) in [4.78, 5) is 32.1. The number of halogens is 3. The van der Waals surface area contributed by atoms with Gasteiger partial charge in [0.05, 0.1) is 33.9 Å². The number of nitrogens with zero attached hydrogens (tertiary/aromatic N) is 3. The van der Waals surface area contributed by atoms with Gasteiger partial charge in [0.2, 0.25) is 5.91 Å². The van der Waals surface area contributed by atoms with Crippen LogP contribution in [0.3, 0.4) is 0 Å². The van der Waals surface area contributed by atoms with E-state index in [4.69, 9.17) is 37.4 Å². The number of aromatic nitrogens is 1. The van der Waals surface area contributed by atoms with Crippen LogP contribution in [0.1, 0.15) is 52.7 Å². The molecule has 0 spiro atoms. The number of hydrogen-bond donors (Lipinski definition) is 4. The van der Waals surface area contributed by atoms with Crippen LogP contribution >= 0.6 is 23.2 Å². The molecule has 3 aromatic carbocycles. The summed E-state index contributed by atoms with van der Waals surface area (Å²) in [5, 5.41) is 41.6. The van der Waals surface area contributed by atoms with Crippen LogP contribution in [0.25, 0.3) is 0 Å². The van der Waals surface area contributed by atoms with E-state index in [-0.39, 0.29) is 37.3 Å². The van der Waals surface area contributed by atoms with Crippen LogP contribution in [0.15, 0.2) is 79.1 Å². The monoisotopic (exact) mass is 801 g/mol. The van der Waals surface area contributed by atoms with Crippen molar-refractivity contribution >= 4 is 40.7 Å². The molecule has 2 aliphatic heterocycles. The molecule has 1 fully saturated rings. The zero-order valence-corrected chi connectivity index (χ0v) is 32.3. The Bertz CT molecular complexity index is 2020. The average Bonchev–Trinajstić information content (AvgIpc) is 3.37. The van der Waals surface area contributed by atoms with E-state index >= 15 is 0 Å². The Morgan fingerprint density at radius 2 is 1.74 bits per heavy atom. The first-order chi connectivity index (χ1) is 25.4. The van der Waals surface area contributed by atoms with E-state index in [2.05, 4.69) is 0 Å². The molecule has 1 aromatic heterocycles.